The first-order valence-electron chi connectivity index (χ1n) is 9.60. The molecule has 0 unspecified atom stereocenters. The van der Waals surface area contributed by atoms with Crippen molar-refractivity contribution in [3.05, 3.63) is 76.7 Å². The number of hydrogen-bond donors (Lipinski definition) is 1. The lowest BCUT2D eigenvalue weighted by molar-refractivity contribution is -0.120. The van der Waals surface area contributed by atoms with Crippen molar-refractivity contribution >= 4 is 23.3 Å². The highest BCUT2D eigenvalue weighted by Crippen LogP contribution is 2.36. The maximum atomic E-state index is 15.4. The molecule has 0 spiro atoms. The van der Waals surface area contributed by atoms with Crippen molar-refractivity contribution in [3.63, 3.8) is 0 Å². The van der Waals surface area contributed by atoms with Crippen LogP contribution in [0.5, 0.6) is 5.75 Å². The average molecular weight is 426 g/mol. The number of methoxy groups -OCH3 is 1. The molecule has 154 valence electrons. The number of primary amides is 1. The number of benzene rings is 2. The molecule has 0 bridgehead atoms. The second-order valence-electron chi connectivity index (χ2n) is 7.23. The van der Waals surface area contributed by atoms with Gasteiger partial charge in [-0.1, -0.05) is 35.9 Å². The van der Waals surface area contributed by atoms with Gasteiger partial charge in [0.2, 0.25) is 5.91 Å². The molecule has 7 heteroatoms. The quantitative estimate of drug-likeness (QED) is 0.642. The number of nitrogens with zero attached hydrogens (tertiary/aromatic N) is 2. The summed E-state index contributed by atoms with van der Waals surface area (Å²) in [6, 6.07) is 13.9. The van der Waals surface area contributed by atoms with Crippen LogP contribution in [0.2, 0.25) is 5.02 Å². The smallest absolute Gasteiger partial charge is 0.240 e. The van der Waals surface area contributed by atoms with Gasteiger partial charge in [-0.15, -0.1) is 0 Å². The van der Waals surface area contributed by atoms with E-state index in [-0.39, 0.29) is 17.8 Å². The Morgan fingerprint density at radius 2 is 2.13 bits per heavy atom. The third-order valence-corrected chi connectivity index (χ3v) is 5.60. The first kappa shape index (κ1) is 20.2. The molecular weight excluding hydrogens is 405 g/mol. The van der Waals surface area contributed by atoms with Crippen molar-refractivity contribution in [2.45, 2.75) is 18.9 Å². The summed E-state index contributed by atoms with van der Waals surface area (Å²) in [5, 5.41) is 0.527. The molecule has 2 N–H and O–H groups in total. The summed E-state index contributed by atoms with van der Waals surface area (Å²) in [5.74, 6) is 0.448. The van der Waals surface area contributed by atoms with Crippen LogP contribution in [0.1, 0.15) is 17.5 Å². The van der Waals surface area contributed by atoms with Crippen molar-refractivity contribution < 1.29 is 13.9 Å². The largest absolute Gasteiger partial charge is 0.496 e. The number of hydrogen-bond acceptors (Lipinski definition) is 4. The van der Waals surface area contributed by atoms with Crippen LogP contribution in [0.25, 0.3) is 11.1 Å². The Hall–Kier alpha value is -3.12. The van der Waals surface area contributed by atoms with Gasteiger partial charge in [0.15, 0.2) is 0 Å². The maximum Gasteiger partial charge on any atom is 0.240 e. The minimum Gasteiger partial charge on any atom is -0.496 e. The van der Waals surface area contributed by atoms with Gasteiger partial charge in [-0.25, -0.2) is 9.37 Å². The molecule has 0 radical (unpaired) electrons. The number of nitrogens with two attached hydrogens (primary N) is 1. The van der Waals surface area contributed by atoms with E-state index in [4.69, 9.17) is 22.1 Å². The normalized spacial score (nSPS) is 15.6. The lowest BCUT2D eigenvalue weighted by Gasteiger charge is -2.39. The van der Waals surface area contributed by atoms with Gasteiger partial charge in [0, 0.05) is 24.2 Å². The van der Waals surface area contributed by atoms with Crippen molar-refractivity contribution in [2.75, 3.05) is 18.6 Å². The lowest BCUT2D eigenvalue weighted by Crippen LogP contribution is -2.55. The van der Waals surface area contributed by atoms with Gasteiger partial charge in [-0.3, -0.25) is 4.79 Å². The van der Waals surface area contributed by atoms with Crippen molar-refractivity contribution in [3.8, 4) is 16.9 Å². The summed E-state index contributed by atoms with van der Waals surface area (Å²) >= 11 is 6.09. The van der Waals surface area contributed by atoms with E-state index in [2.05, 4.69) is 4.98 Å². The lowest BCUT2D eigenvalue weighted by atomic mass is 9.97. The predicted octanol–water partition coefficient (Wildman–Crippen LogP) is 4.20. The zero-order valence-corrected chi connectivity index (χ0v) is 17.2. The first-order valence-corrected chi connectivity index (χ1v) is 9.98. The number of carbonyl (C=O) groups is 1. The Morgan fingerprint density at radius 1 is 1.30 bits per heavy atom. The molecule has 1 aliphatic rings. The Kier molecular flexibility index (Phi) is 5.59. The van der Waals surface area contributed by atoms with Crippen LogP contribution in [-0.4, -0.2) is 30.6 Å². The van der Waals surface area contributed by atoms with Gasteiger partial charge in [-0.2, -0.15) is 0 Å². The van der Waals surface area contributed by atoms with Gasteiger partial charge < -0.3 is 15.4 Å². The molecule has 1 amide bonds. The molecule has 4 rings (SSSR count). The van der Waals surface area contributed by atoms with Crippen LogP contribution in [0.15, 0.2) is 54.7 Å². The van der Waals surface area contributed by atoms with Gasteiger partial charge in [0.25, 0.3) is 0 Å². The summed E-state index contributed by atoms with van der Waals surface area (Å²) in [6.07, 6.45) is 2.81. The summed E-state index contributed by atoms with van der Waals surface area (Å²) in [7, 11) is 1.51. The minimum atomic E-state index is -0.350. The molecule has 0 aliphatic carbocycles. The zero-order valence-electron chi connectivity index (χ0n) is 16.4. The molecule has 1 saturated heterocycles. The van der Waals surface area contributed by atoms with Crippen LogP contribution in [0.4, 0.5) is 10.2 Å². The van der Waals surface area contributed by atoms with E-state index in [1.165, 1.54) is 7.11 Å². The summed E-state index contributed by atoms with van der Waals surface area (Å²) in [4.78, 5) is 17.7. The Morgan fingerprint density at radius 3 is 2.73 bits per heavy atom. The molecule has 30 heavy (non-hydrogen) atoms. The highest BCUT2D eigenvalue weighted by Gasteiger charge is 2.33. The summed E-state index contributed by atoms with van der Waals surface area (Å²) in [5.41, 5.74) is 7.82. The number of rotatable bonds is 6. The van der Waals surface area contributed by atoms with E-state index in [1.807, 2.05) is 17.0 Å². The molecule has 1 aliphatic heterocycles. The fraction of sp³-hybridized carbons (Fsp3) is 0.217. The van der Waals surface area contributed by atoms with Crippen molar-refractivity contribution in [1.82, 2.24) is 4.98 Å². The van der Waals surface area contributed by atoms with E-state index in [0.29, 0.717) is 39.7 Å². The van der Waals surface area contributed by atoms with Gasteiger partial charge in [0.1, 0.15) is 23.4 Å². The van der Waals surface area contributed by atoms with E-state index in [9.17, 15) is 4.79 Å². The SMILES string of the molecule is COc1ccc(Cc2ccc(N3CC[C@@H]3C(N)=O)nc2)c(F)c1-c1cccc(Cl)c1. The van der Waals surface area contributed by atoms with Crippen LogP contribution in [0.3, 0.4) is 0 Å². The second kappa shape index (κ2) is 8.32. The van der Waals surface area contributed by atoms with E-state index in [0.717, 1.165) is 18.5 Å². The fourth-order valence-electron chi connectivity index (χ4n) is 3.69. The number of amides is 1. The molecule has 2 aromatic carbocycles. The topological polar surface area (TPSA) is 68.5 Å². The van der Waals surface area contributed by atoms with Gasteiger partial charge in [0.05, 0.1) is 12.7 Å². The minimum absolute atomic E-state index is 0.303. The van der Waals surface area contributed by atoms with E-state index >= 15 is 4.39 Å². The molecule has 0 saturated carbocycles. The molecule has 3 aromatic rings. The summed E-state index contributed by atoms with van der Waals surface area (Å²) in [6.45, 7) is 0.746. The molecule has 2 heterocycles. The van der Waals surface area contributed by atoms with Crippen LogP contribution < -0.4 is 15.4 Å². The predicted molar refractivity (Wildman–Crippen MR) is 115 cm³/mol. The molecular formula is C23H21ClFN3O2. The van der Waals surface area contributed by atoms with Crippen LogP contribution in [-0.2, 0) is 11.2 Å². The summed E-state index contributed by atoms with van der Waals surface area (Å²) < 4.78 is 20.8. The highest BCUT2D eigenvalue weighted by molar-refractivity contribution is 6.30. The van der Waals surface area contributed by atoms with Crippen molar-refractivity contribution in [1.29, 1.82) is 0 Å². The number of aromatic nitrogens is 1. The van der Waals surface area contributed by atoms with Gasteiger partial charge in [-0.05, 0) is 47.4 Å². The number of halogens is 2. The number of ether oxygens (including phenoxy) is 1. The monoisotopic (exact) mass is 425 g/mol. The van der Waals surface area contributed by atoms with Crippen molar-refractivity contribution in [2.24, 2.45) is 5.73 Å². The Bertz CT molecular complexity index is 1090. The second-order valence-corrected chi connectivity index (χ2v) is 7.66. The number of anilines is 1. The fourth-order valence-corrected chi connectivity index (χ4v) is 3.88. The number of carbonyl (C=O) groups excluding carboxylic acids is 1. The average Bonchev–Trinajstić information content (AvgIpc) is 2.69. The third kappa shape index (κ3) is 3.83. The van der Waals surface area contributed by atoms with Crippen LogP contribution >= 0.6 is 11.6 Å². The molecule has 1 aromatic heterocycles. The Labute approximate surface area is 179 Å². The van der Waals surface area contributed by atoms with Gasteiger partial charge >= 0.3 is 0 Å². The molecule has 5 nitrogen and oxygen atoms in total. The molecule has 1 atom stereocenters. The van der Waals surface area contributed by atoms with E-state index < -0.39 is 0 Å². The zero-order chi connectivity index (χ0) is 21.3. The van der Waals surface area contributed by atoms with E-state index in [1.54, 1.807) is 42.6 Å². The Balaban J connectivity index is 1.61. The third-order valence-electron chi connectivity index (χ3n) is 5.36. The van der Waals surface area contributed by atoms with Crippen LogP contribution in [0, 0.1) is 5.82 Å². The number of pyridine rings is 1. The standard InChI is InChI=1S/C23H21ClFN3O2/c1-30-19-7-6-16(22(25)21(19)15-3-2-4-17(24)12-15)11-14-5-8-20(27-13-14)28-10-9-18(28)23(26)29/h2-8,12-13,18H,9-11H2,1H3,(H2,26,29)/t18-/m1/s1. The first-order chi connectivity index (χ1) is 14.5. The molecule has 1 fully saturated rings. The highest BCUT2D eigenvalue weighted by atomic mass is 35.5. The maximum absolute atomic E-state index is 15.4.